The molecule has 0 N–H and O–H groups in total. The normalized spacial score (nSPS) is 10.5. The van der Waals surface area contributed by atoms with E-state index in [-0.39, 0.29) is 0 Å². The second kappa shape index (κ2) is 8.54. The van der Waals surface area contributed by atoms with Crippen LogP contribution in [-0.2, 0) is 11.2 Å². The number of ether oxygens (including phenoxy) is 2. The third-order valence-corrected chi connectivity index (χ3v) is 3.15. The van der Waals surface area contributed by atoms with Crippen molar-refractivity contribution in [2.75, 3.05) is 19.8 Å². The van der Waals surface area contributed by atoms with Gasteiger partial charge in [-0.15, -0.1) is 0 Å². The van der Waals surface area contributed by atoms with E-state index in [1.807, 2.05) is 13.0 Å². The van der Waals surface area contributed by atoms with Crippen LogP contribution in [0.4, 0.5) is 0 Å². The second-order valence-corrected chi connectivity index (χ2v) is 4.77. The standard InChI is InChI=1S/C14H21BrO2/c1-3-5-9-17-14-11-12(6-7-13(14)15)8-10-16-4-2/h6-7,11H,3-5,8-10H2,1-2H3. The van der Waals surface area contributed by atoms with Crippen molar-refractivity contribution < 1.29 is 9.47 Å². The van der Waals surface area contributed by atoms with E-state index in [9.17, 15) is 0 Å². The van der Waals surface area contributed by atoms with Crippen LogP contribution in [0.3, 0.4) is 0 Å². The number of rotatable bonds is 8. The molecule has 0 aliphatic carbocycles. The number of benzene rings is 1. The average Bonchev–Trinajstić information content (AvgIpc) is 2.33. The van der Waals surface area contributed by atoms with Gasteiger partial charge < -0.3 is 9.47 Å². The van der Waals surface area contributed by atoms with Crippen molar-refractivity contribution in [1.82, 2.24) is 0 Å². The lowest BCUT2D eigenvalue weighted by Gasteiger charge is -2.10. The van der Waals surface area contributed by atoms with Crippen molar-refractivity contribution in [3.8, 4) is 5.75 Å². The Bertz CT molecular complexity index is 326. The van der Waals surface area contributed by atoms with Crippen LogP contribution >= 0.6 is 15.9 Å². The molecule has 17 heavy (non-hydrogen) atoms. The van der Waals surface area contributed by atoms with Crippen LogP contribution < -0.4 is 4.74 Å². The van der Waals surface area contributed by atoms with Gasteiger partial charge in [-0.1, -0.05) is 19.4 Å². The van der Waals surface area contributed by atoms with Gasteiger partial charge in [-0.3, -0.25) is 0 Å². The topological polar surface area (TPSA) is 18.5 Å². The molecule has 1 aromatic rings. The first-order chi connectivity index (χ1) is 8.27. The molecule has 0 unspecified atom stereocenters. The van der Waals surface area contributed by atoms with Crippen LogP contribution in [0.25, 0.3) is 0 Å². The maximum absolute atomic E-state index is 5.74. The Morgan fingerprint density at radius 1 is 1.18 bits per heavy atom. The van der Waals surface area contributed by atoms with Crippen molar-refractivity contribution in [3.05, 3.63) is 28.2 Å². The Labute approximate surface area is 112 Å². The molecule has 0 fully saturated rings. The van der Waals surface area contributed by atoms with E-state index in [1.54, 1.807) is 0 Å². The summed E-state index contributed by atoms with van der Waals surface area (Å²) in [5.41, 5.74) is 1.26. The van der Waals surface area contributed by atoms with Gasteiger partial charge in [0.1, 0.15) is 5.75 Å². The summed E-state index contributed by atoms with van der Waals surface area (Å²) >= 11 is 3.51. The lowest BCUT2D eigenvalue weighted by molar-refractivity contribution is 0.151. The fraction of sp³-hybridized carbons (Fsp3) is 0.571. The SMILES string of the molecule is CCCCOc1cc(CCOCC)ccc1Br. The van der Waals surface area contributed by atoms with E-state index < -0.39 is 0 Å². The van der Waals surface area contributed by atoms with Crippen molar-refractivity contribution in [2.45, 2.75) is 33.1 Å². The van der Waals surface area contributed by atoms with Gasteiger partial charge in [-0.25, -0.2) is 0 Å². The van der Waals surface area contributed by atoms with Gasteiger partial charge in [0.2, 0.25) is 0 Å². The summed E-state index contributed by atoms with van der Waals surface area (Å²) in [7, 11) is 0. The fourth-order valence-corrected chi connectivity index (χ4v) is 1.84. The van der Waals surface area contributed by atoms with Gasteiger partial charge in [0, 0.05) is 6.61 Å². The zero-order valence-electron chi connectivity index (χ0n) is 10.7. The molecule has 0 bridgehead atoms. The first-order valence-corrected chi connectivity index (χ1v) is 7.06. The zero-order valence-corrected chi connectivity index (χ0v) is 12.3. The molecular formula is C14H21BrO2. The number of hydrogen-bond acceptors (Lipinski definition) is 2. The summed E-state index contributed by atoms with van der Waals surface area (Å²) in [5.74, 6) is 0.937. The molecule has 0 aliphatic rings. The molecule has 0 spiro atoms. The van der Waals surface area contributed by atoms with Crippen LogP contribution in [-0.4, -0.2) is 19.8 Å². The lowest BCUT2D eigenvalue weighted by atomic mass is 10.1. The van der Waals surface area contributed by atoms with Crippen molar-refractivity contribution >= 4 is 15.9 Å². The summed E-state index contributed by atoms with van der Waals surface area (Å²) < 4.78 is 12.1. The summed E-state index contributed by atoms with van der Waals surface area (Å²) in [6, 6.07) is 6.25. The fourth-order valence-electron chi connectivity index (χ4n) is 1.47. The molecule has 0 heterocycles. The van der Waals surface area contributed by atoms with E-state index in [0.717, 1.165) is 49.3 Å². The number of hydrogen-bond donors (Lipinski definition) is 0. The Kier molecular flexibility index (Phi) is 7.29. The lowest BCUT2D eigenvalue weighted by Crippen LogP contribution is -2.00. The molecule has 96 valence electrons. The molecular weight excluding hydrogens is 280 g/mol. The molecule has 0 aromatic heterocycles. The van der Waals surface area contributed by atoms with E-state index in [1.165, 1.54) is 5.56 Å². The Hall–Kier alpha value is -0.540. The maximum atomic E-state index is 5.74. The maximum Gasteiger partial charge on any atom is 0.133 e. The molecule has 2 nitrogen and oxygen atoms in total. The predicted octanol–water partition coefficient (Wildman–Crippen LogP) is 4.21. The van der Waals surface area contributed by atoms with Gasteiger partial charge >= 0.3 is 0 Å². The highest BCUT2D eigenvalue weighted by atomic mass is 79.9. The van der Waals surface area contributed by atoms with Crippen LogP contribution in [0.5, 0.6) is 5.75 Å². The smallest absolute Gasteiger partial charge is 0.133 e. The molecule has 3 heteroatoms. The highest BCUT2D eigenvalue weighted by Crippen LogP contribution is 2.26. The highest BCUT2D eigenvalue weighted by Gasteiger charge is 2.03. The molecule has 0 saturated carbocycles. The summed E-state index contributed by atoms with van der Waals surface area (Å²) in [5, 5.41) is 0. The quantitative estimate of drug-likeness (QED) is 0.670. The average molecular weight is 301 g/mol. The predicted molar refractivity (Wildman–Crippen MR) is 74.7 cm³/mol. The largest absolute Gasteiger partial charge is 0.492 e. The van der Waals surface area contributed by atoms with Crippen LogP contribution in [0.15, 0.2) is 22.7 Å². The Morgan fingerprint density at radius 2 is 2.00 bits per heavy atom. The zero-order chi connectivity index (χ0) is 12.5. The van der Waals surface area contributed by atoms with Gasteiger partial charge in [0.25, 0.3) is 0 Å². The minimum Gasteiger partial charge on any atom is -0.492 e. The summed E-state index contributed by atoms with van der Waals surface area (Å²) in [6.45, 7) is 6.50. The molecule has 0 radical (unpaired) electrons. The molecule has 1 aromatic carbocycles. The summed E-state index contributed by atoms with van der Waals surface area (Å²) in [4.78, 5) is 0. The van der Waals surface area contributed by atoms with Crippen molar-refractivity contribution in [3.63, 3.8) is 0 Å². The Balaban J connectivity index is 2.53. The molecule has 1 rings (SSSR count). The Morgan fingerprint density at radius 3 is 2.71 bits per heavy atom. The second-order valence-electron chi connectivity index (χ2n) is 3.91. The molecule has 0 atom stereocenters. The van der Waals surface area contributed by atoms with Gasteiger partial charge in [0.15, 0.2) is 0 Å². The van der Waals surface area contributed by atoms with Crippen LogP contribution in [0, 0.1) is 0 Å². The van der Waals surface area contributed by atoms with Crippen molar-refractivity contribution in [2.24, 2.45) is 0 Å². The van der Waals surface area contributed by atoms with Gasteiger partial charge in [-0.2, -0.15) is 0 Å². The molecule has 0 amide bonds. The third-order valence-electron chi connectivity index (χ3n) is 2.49. The number of unbranched alkanes of at least 4 members (excludes halogenated alkanes) is 1. The van der Waals surface area contributed by atoms with Crippen molar-refractivity contribution in [1.29, 1.82) is 0 Å². The minimum atomic E-state index is 0.770. The van der Waals surface area contributed by atoms with Crippen LogP contribution in [0.2, 0.25) is 0 Å². The third kappa shape index (κ3) is 5.55. The van der Waals surface area contributed by atoms with E-state index in [4.69, 9.17) is 9.47 Å². The van der Waals surface area contributed by atoms with Gasteiger partial charge in [-0.05, 0) is 53.4 Å². The highest BCUT2D eigenvalue weighted by molar-refractivity contribution is 9.10. The summed E-state index contributed by atoms with van der Waals surface area (Å²) in [6.07, 6.45) is 3.18. The van der Waals surface area contributed by atoms with E-state index >= 15 is 0 Å². The van der Waals surface area contributed by atoms with E-state index in [0.29, 0.717) is 0 Å². The molecule has 0 saturated heterocycles. The van der Waals surface area contributed by atoms with E-state index in [2.05, 4.69) is 35.0 Å². The minimum absolute atomic E-state index is 0.770. The monoisotopic (exact) mass is 300 g/mol. The first kappa shape index (κ1) is 14.5. The molecule has 0 aliphatic heterocycles. The first-order valence-electron chi connectivity index (χ1n) is 6.26. The number of halogens is 1. The van der Waals surface area contributed by atoms with Gasteiger partial charge in [0.05, 0.1) is 17.7 Å². The van der Waals surface area contributed by atoms with Crippen LogP contribution in [0.1, 0.15) is 32.3 Å².